The number of amides is 1. The molecular formula is C15H22ClN3O. The van der Waals surface area contributed by atoms with E-state index in [0.717, 1.165) is 25.9 Å². The summed E-state index contributed by atoms with van der Waals surface area (Å²) in [5.41, 5.74) is 6.19. The fourth-order valence-electron chi connectivity index (χ4n) is 2.82. The number of nitrogen functional groups attached to an aromatic ring is 1. The van der Waals surface area contributed by atoms with Crippen LogP contribution in [-0.2, 0) is 0 Å². The minimum atomic E-state index is 0.00501. The predicted octanol–water partition coefficient (Wildman–Crippen LogP) is 3.22. The molecular weight excluding hydrogens is 274 g/mol. The van der Waals surface area contributed by atoms with Crippen LogP contribution in [0, 0.1) is 11.8 Å². The van der Waals surface area contributed by atoms with Crippen LogP contribution in [0.15, 0.2) is 12.1 Å². The molecule has 4 nitrogen and oxygen atoms in total. The van der Waals surface area contributed by atoms with E-state index in [1.54, 1.807) is 12.1 Å². The second-order valence-corrected chi connectivity index (χ2v) is 6.22. The van der Waals surface area contributed by atoms with E-state index in [2.05, 4.69) is 18.8 Å². The molecule has 1 aliphatic rings. The zero-order chi connectivity index (χ0) is 14.7. The van der Waals surface area contributed by atoms with Crippen molar-refractivity contribution in [2.45, 2.75) is 33.1 Å². The largest absolute Gasteiger partial charge is 0.384 e. The number of aromatic nitrogens is 1. The number of rotatable bonds is 2. The van der Waals surface area contributed by atoms with Crippen LogP contribution in [-0.4, -0.2) is 28.9 Å². The van der Waals surface area contributed by atoms with Crippen molar-refractivity contribution in [2.75, 3.05) is 18.8 Å². The van der Waals surface area contributed by atoms with Crippen LogP contribution in [0.25, 0.3) is 0 Å². The molecule has 2 rings (SSSR count). The van der Waals surface area contributed by atoms with Gasteiger partial charge in [-0.1, -0.05) is 25.4 Å². The van der Waals surface area contributed by atoms with Crippen molar-refractivity contribution in [3.63, 3.8) is 0 Å². The zero-order valence-corrected chi connectivity index (χ0v) is 12.9. The van der Waals surface area contributed by atoms with Crippen molar-refractivity contribution in [1.82, 2.24) is 9.88 Å². The van der Waals surface area contributed by atoms with Crippen molar-refractivity contribution in [3.8, 4) is 0 Å². The molecule has 5 heteroatoms. The van der Waals surface area contributed by atoms with Gasteiger partial charge in [-0.2, -0.15) is 0 Å². The predicted molar refractivity (Wildman–Crippen MR) is 81.7 cm³/mol. The maximum atomic E-state index is 12.5. The quantitative estimate of drug-likeness (QED) is 0.852. The van der Waals surface area contributed by atoms with Gasteiger partial charge in [0.25, 0.3) is 5.91 Å². The molecule has 20 heavy (non-hydrogen) atoms. The lowest BCUT2D eigenvalue weighted by molar-refractivity contribution is 0.0758. The summed E-state index contributed by atoms with van der Waals surface area (Å²) in [6, 6.07) is 3.18. The maximum absolute atomic E-state index is 12.5. The number of halogens is 1. The summed E-state index contributed by atoms with van der Waals surface area (Å²) in [6.07, 6.45) is 3.32. The summed E-state index contributed by atoms with van der Waals surface area (Å²) in [4.78, 5) is 18.3. The van der Waals surface area contributed by atoms with Crippen molar-refractivity contribution in [3.05, 3.63) is 22.8 Å². The molecule has 1 amide bonds. The Morgan fingerprint density at radius 2 is 2.15 bits per heavy atom. The lowest BCUT2D eigenvalue weighted by atomic mass is 9.89. The van der Waals surface area contributed by atoms with Gasteiger partial charge in [-0.15, -0.1) is 0 Å². The number of nitrogens with two attached hydrogens (primary N) is 1. The molecule has 0 spiro atoms. The summed E-state index contributed by atoms with van der Waals surface area (Å²) >= 11 is 5.87. The normalized spacial score (nSPS) is 20.0. The Hall–Kier alpha value is -1.29. The molecule has 1 aromatic heterocycles. The average molecular weight is 296 g/mol. The molecule has 0 saturated carbocycles. The Bertz CT molecular complexity index is 470. The second-order valence-electron chi connectivity index (χ2n) is 5.83. The molecule has 2 N–H and O–H groups in total. The molecule has 0 aromatic carbocycles. The summed E-state index contributed by atoms with van der Waals surface area (Å²) in [5.74, 6) is 1.68. The number of carbonyl (C=O) groups is 1. The number of hydrogen-bond donors (Lipinski definition) is 1. The van der Waals surface area contributed by atoms with E-state index in [4.69, 9.17) is 17.3 Å². The van der Waals surface area contributed by atoms with Crippen molar-refractivity contribution in [1.29, 1.82) is 0 Å². The first kappa shape index (κ1) is 15.1. The highest BCUT2D eigenvalue weighted by Gasteiger charge is 2.23. The molecule has 1 saturated heterocycles. The van der Waals surface area contributed by atoms with Gasteiger partial charge in [0.15, 0.2) is 0 Å². The van der Waals surface area contributed by atoms with Gasteiger partial charge >= 0.3 is 0 Å². The summed E-state index contributed by atoms with van der Waals surface area (Å²) < 4.78 is 0. The standard InChI is InChI=1S/C15H22ClN3O/c1-10(2)11-4-3-6-19(7-5-11)15(20)12-8-13(16)18-14(17)9-12/h8-11H,3-7H2,1-2H3,(H2,17,18). The molecule has 1 aromatic rings. The number of nitrogens with zero attached hydrogens (tertiary/aromatic N) is 2. The van der Waals surface area contributed by atoms with Gasteiger partial charge < -0.3 is 10.6 Å². The number of pyridine rings is 1. The molecule has 1 fully saturated rings. The van der Waals surface area contributed by atoms with Crippen LogP contribution in [0.5, 0.6) is 0 Å². The molecule has 0 radical (unpaired) electrons. The molecule has 1 unspecified atom stereocenters. The zero-order valence-electron chi connectivity index (χ0n) is 12.1. The third-order valence-electron chi connectivity index (χ3n) is 4.06. The Kier molecular flexibility index (Phi) is 4.86. The molecule has 0 aliphatic carbocycles. The Labute approximate surface area is 125 Å². The van der Waals surface area contributed by atoms with Crippen LogP contribution in [0.4, 0.5) is 5.82 Å². The minimum absolute atomic E-state index is 0.00501. The minimum Gasteiger partial charge on any atom is -0.384 e. The number of likely N-dealkylation sites (tertiary alicyclic amines) is 1. The smallest absolute Gasteiger partial charge is 0.254 e. The van der Waals surface area contributed by atoms with E-state index in [9.17, 15) is 4.79 Å². The monoisotopic (exact) mass is 295 g/mol. The fraction of sp³-hybridized carbons (Fsp3) is 0.600. The SMILES string of the molecule is CC(C)C1CCCN(C(=O)c2cc(N)nc(Cl)c2)CC1. The first-order valence-corrected chi connectivity index (χ1v) is 7.57. The molecule has 0 bridgehead atoms. The number of anilines is 1. The van der Waals surface area contributed by atoms with Crippen LogP contribution in [0.2, 0.25) is 5.15 Å². The summed E-state index contributed by atoms with van der Waals surface area (Å²) in [6.45, 7) is 6.13. The van der Waals surface area contributed by atoms with E-state index in [0.29, 0.717) is 17.4 Å². The van der Waals surface area contributed by atoms with Gasteiger partial charge in [0, 0.05) is 18.7 Å². The number of carbonyl (C=O) groups excluding carboxylic acids is 1. The molecule has 110 valence electrons. The average Bonchev–Trinajstić information content (AvgIpc) is 2.62. The van der Waals surface area contributed by atoms with E-state index in [1.807, 2.05) is 4.90 Å². The third-order valence-corrected chi connectivity index (χ3v) is 4.26. The molecule has 2 heterocycles. The lowest BCUT2D eigenvalue weighted by Crippen LogP contribution is -2.32. The van der Waals surface area contributed by atoms with Gasteiger partial charge in [0.05, 0.1) is 0 Å². The van der Waals surface area contributed by atoms with Gasteiger partial charge in [0.1, 0.15) is 11.0 Å². The van der Waals surface area contributed by atoms with E-state index < -0.39 is 0 Å². The maximum Gasteiger partial charge on any atom is 0.254 e. The van der Waals surface area contributed by atoms with Crippen molar-refractivity contribution < 1.29 is 4.79 Å². The Morgan fingerprint density at radius 1 is 1.40 bits per heavy atom. The Morgan fingerprint density at radius 3 is 2.80 bits per heavy atom. The van der Waals surface area contributed by atoms with E-state index >= 15 is 0 Å². The van der Waals surface area contributed by atoms with Gasteiger partial charge in [-0.05, 0) is 43.2 Å². The van der Waals surface area contributed by atoms with Gasteiger partial charge in [-0.3, -0.25) is 4.79 Å². The van der Waals surface area contributed by atoms with Crippen LogP contribution in [0.3, 0.4) is 0 Å². The summed E-state index contributed by atoms with van der Waals surface area (Å²) in [5, 5.41) is 0.267. The second kappa shape index (κ2) is 6.44. The molecule has 1 aliphatic heterocycles. The highest BCUT2D eigenvalue weighted by molar-refractivity contribution is 6.29. The van der Waals surface area contributed by atoms with Gasteiger partial charge in [-0.25, -0.2) is 4.98 Å². The number of hydrogen-bond acceptors (Lipinski definition) is 3. The van der Waals surface area contributed by atoms with E-state index in [-0.39, 0.29) is 16.9 Å². The highest BCUT2D eigenvalue weighted by Crippen LogP contribution is 2.25. The summed E-state index contributed by atoms with van der Waals surface area (Å²) in [7, 11) is 0. The first-order valence-electron chi connectivity index (χ1n) is 7.19. The first-order chi connectivity index (χ1) is 9.47. The van der Waals surface area contributed by atoms with Crippen LogP contribution < -0.4 is 5.73 Å². The van der Waals surface area contributed by atoms with Crippen LogP contribution in [0.1, 0.15) is 43.5 Å². The third kappa shape index (κ3) is 3.63. The fourth-order valence-corrected chi connectivity index (χ4v) is 3.03. The highest BCUT2D eigenvalue weighted by atomic mass is 35.5. The molecule has 1 atom stereocenters. The topological polar surface area (TPSA) is 59.2 Å². The van der Waals surface area contributed by atoms with Crippen molar-refractivity contribution >= 4 is 23.3 Å². The Balaban J connectivity index is 2.09. The lowest BCUT2D eigenvalue weighted by Gasteiger charge is -2.21. The van der Waals surface area contributed by atoms with E-state index in [1.165, 1.54) is 6.42 Å². The van der Waals surface area contributed by atoms with Crippen molar-refractivity contribution in [2.24, 2.45) is 11.8 Å². The van der Waals surface area contributed by atoms with Gasteiger partial charge in [0.2, 0.25) is 0 Å². The van der Waals surface area contributed by atoms with Crippen LogP contribution >= 0.6 is 11.6 Å².